The summed E-state index contributed by atoms with van der Waals surface area (Å²) in [7, 11) is 1.89. The van der Waals surface area contributed by atoms with Crippen molar-refractivity contribution >= 4 is 34.3 Å². The molecule has 1 saturated carbocycles. The zero-order chi connectivity index (χ0) is 35.6. The second-order valence-corrected chi connectivity index (χ2v) is 14.0. The van der Waals surface area contributed by atoms with E-state index in [-0.39, 0.29) is 50.4 Å². The Morgan fingerprint density at radius 2 is 1.58 bits per heavy atom. The van der Waals surface area contributed by atoms with Crippen molar-refractivity contribution < 1.29 is 37.4 Å². The van der Waals surface area contributed by atoms with Gasteiger partial charge in [0.25, 0.3) is 5.91 Å². The number of benzene rings is 2. The summed E-state index contributed by atoms with van der Waals surface area (Å²) in [5.41, 5.74) is 3.64. The van der Waals surface area contributed by atoms with Crippen molar-refractivity contribution in [3.05, 3.63) is 65.4 Å². The molecule has 13 heteroatoms. The average Bonchev–Trinajstić information content (AvgIpc) is 3.74. The van der Waals surface area contributed by atoms with Gasteiger partial charge in [0.15, 0.2) is 5.78 Å². The number of aliphatic carboxylic acids is 1. The number of amides is 1. The molecule has 2 saturated heterocycles. The number of nitrogens with zero attached hydrogens (tertiary/aromatic N) is 4. The van der Waals surface area contributed by atoms with Crippen molar-refractivity contribution in [1.82, 2.24) is 19.3 Å². The summed E-state index contributed by atoms with van der Waals surface area (Å²) in [6.07, 6.45) is 0.711. The molecule has 3 fully saturated rings. The van der Waals surface area contributed by atoms with E-state index in [0.29, 0.717) is 50.0 Å². The number of ketones is 1. The molecule has 10 nitrogen and oxygen atoms in total. The molecule has 1 atom stereocenters. The summed E-state index contributed by atoms with van der Waals surface area (Å²) in [4.78, 5) is 45.1. The highest BCUT2D eigenvalue weighted by molar-refractivity contribution is 6.13. The number of carbonyl (C=O) groups excluding carboxylic acids is 2. The maximum absolute atomic E-state index is 14.8. The fourth-order valence-corrected chi connectivity index (χ4v) is 7.90. The number of carboxylic acid groups (broad SMARTS) is 1. The van der Waals surface area contributed by atoms with Gasteiger partial charge in [0.05, 0.1) is 24.1 Å². The number of likely N-dealkylation sites (tertiary alicyclic amines) is 1. The van der Waals surface area contributed by atoms with Crippen LogP contribution < -0.4 is 5.32 Å². The van der Waals surface area contributed by atoms with Crippen molar-refractivity contribution in [3.63, 3.8) is 0 Å². The van der Waals surface area contributed by atoms with Crippen molar-refractivity contribution in [2.45, 2.75) is 70.0 Å². The van der Waals surface area contributed by atoms with Crippen molar-refractivity contribution in [2.75, 3.05) is 51.1 Å². The molecule has 0 spiro atoms. The van der Waals surface area contributed by atoms with E-state index >= 15 is 0 Å². The van der Waals surface area contributed by atoms with Crippen LogP contribution in [0.4, 0.5) is 18.9 Å². The molecule has 6 rings (SSSR count). The van der Waals surface area contributed by atoms with Crippen LogP contribution in [0.2, 0.25) is 0 Å². The second kappa shape index (κ2) is 14.8. The molecule has 2 N–H and O–H groups in total. The maximum Gasteiger partial charge on any atom is 0.401 e. The number of carboxylic acids is 1. The number of rotatable bonds is 11. The van der Waals surface area contributed by atoms with Gasteiger partial charge in [-0.1, -0.05) is 30.3 Å². The van der Waals surface area contributed by atoms with Crippen LogP contribution in [0.1, 0.15) is 60.0 Å². The van der Waals surface area contributed by atoms with Crippen molar-refractivity contribution in [1.29, 1.82) is 0 Å². The van der Waals surface area contributed by atoms with Crippen molar-refractivity contribution in [2.24, 2.45) is 13.0 Å². The normalized spacial score (nSPS) is 22.4. The standard InChI is InChI=1S/C37H46F3N5O5/c1-25-21-26(9-14-31(25)41-34(47)30-23-42(2)32-8-4-3-7-29(30)32)22-33(46)37(44-15-5-6-16-44,50-28-12-10-27(11-13-28)35(48)49)45-19-17-43(18-20-45)24-36(38,39)40/h3-4,7-9,14,21,23,27-28H,5-6,10-13,15-20,22,24H2,1-2H3,(H,41,47)(H,48,49)/t27-,28-,37?. The SMILES string of the molecule is Cc1cc(CC(=O)C(O[C@H]2CC[C@H](C(=O)O)CC2)(N2CCCC2)N2CCN(CC(F)(F)F)CC2)ccc1NC(=O)c1cn(C)c2ccccc12. The van der Waals surface area contributed by atoms with E-state index in [1.807, 2.05) is 64.7 Å². The van der Waals surface area contributed by atoms with E-state index in [0.717, 1.165) is 34.9 Å². The third-order valence-corrected chi connectivity index (χ3v) is 10.5. The van der Waals surface area contributed by atoms with E-state index in [2.05, 4.69) is 5.32 Å². The first kappa shape index (κ1) is 36.0. The predicted molar refractivity (Wildman–Crippen MR) is 183 cm³/mol. The highest BCUT2D eigenvalue weighted by atomic mass is 19.4. The average molecular weight is 698 g/mol. The third kappa shape index (κ3) is 7.75. The minimum atomic E-state index is -4.32. The van der Waals surface area contributed by atoms with Gasteiger partial charge in [-0.3, -0.25) is 29.1 Å². The molecule has 1 aliphatic carbocycles. The number of carbonyl (C=O) groups is 3. The van der Waals surface area contributed by atoms with E-state index in [1.54, 1.807) is 12.3 Å². The summed E-state index contributed by atoms with van der Waals surface area (Å²) in [5, 5.41) is 13.4. The van der Waals surface area contributed by atoms with Gasteiger partial charge in [-0.15, -0.1) is 0 Å². The molecule has 1 amide bonds. The molecule has 2 aliphatic heterocycles. The molecule has 3 heterocycles. The number of piperazine rings is 1. The number of alkyl halides is 3. The second-order valence-electron chi connectivity index (χ2n) is 14.0. The first-order valence-electron chi connectivity index (χ1n) is 17.5. The molecule has 1 aromatic heterocycles. The first-order chi connectivity index (χ1) is 23.8. The monoisotopic (exact) mass is 697 g/mol. The number of nitrogens with one attached hydrogen (secondary N) is 1. The van der Waals surface area contributed by atoms with Gasteiger partial charge < -0.3 is 19.7 Å². The van der Waals surface area contributed by atoms with Crippen LogP contribution >= 0.6 is 0 Å². The molecule has 0 bridgehead atoms. The van der Waals surface area contributed by atoms with Crippen LogP contribution in [0, 0.1) is 12.8 Å². The quantitative estimate of drug-likeness (QED) is 0.273. The predicted octanol–water partition coefficient (Wildman–Crippen LogP) is 5.44. The minimum absolute atomic E-state index is 0.0160. The smallest absolute Gasteiger partial charge is 0.401 e. The van der Waals surface area contributed by atoms with Crippen molar-refractivity contribution in [3.8, 4) is 0 Å². The number of hydrogen-bond donors (Lipinski definition) is 2. The number of aromatic nitrogens is 1. The Morgan fingerprint density at radius 1 is 0.920 bits per heavy atom. The molecule has 270 valence electrons. The fourth-order valence-electron chi connectivity index (χ4n) is 7.90. The Morgan fingerprint density at radius 3 is 2.22 bits per heavy atom. The summed E-state index contributed by atoms with van der Waals surface area (Å²) in [6, 6.07) is 13.2. The van der Waals surface area contributed by atoms with Crippen LogP contribution in [-0.2, 0) is 27.8 Å². The lowest BCUT2D eigenvalue weighted by Gasteiger charge is -2.52. The number of hydrogen-bond acceptors (Lipinski definition) is 7. The van der Waals surface area contributed by atoms with Gasteiger partial charge in [0, 0.05) is 75.5 Å². The molecule has 3 aromatic rings. The number of anilines is 1. The zero-order valence-electron chi connectivity index (χ0n) is 28.7. The molecular formula is C37H46F3N5O5. The van der Waals surface area contributed by atoms with Crippen LogP contribution in [0.15, 0.2) is 48.7 Å². The fraction of sp³-hybridized carbons (Fsp3) is 0.541. The minimum Gasteiger partial charge on any atom is -0.481 e. The Bertz CT molecular complexity index is 1700. The van der Waals surface area contributed by atoms with E-state index in [4.69, 9.17) is 4.74 Å². The number of halogens is 3. The summed E-state index contributed by atoms with van der Waals surface area (Å²) in [6.45, 7) is 2.81. The highest BCUT2D eigenvalue weighted by Crippen LogP contribution is 2.37. The lowest BCUT2D eigenvalue weighted by atomic mass is 9.87. The summed E-state index contributed by atoms with van der Waals surface area (Å²) in [5.74, 6) is -3.22. The van der Waals surface area contributed by atoms with Gasteiger partial charge in [0.2, 0.25) is 5.85 Å². The molecule has 50 heavy (non-hydrogen) atoms. The molecule has 1 unspecified atom stereocenters. The van der Waals surface area contributed by atoms with Gasteiger partial charge >= 0.3 is 12.1 Å². The van der Waals surface area contributed by atoms with Gasteiger partial charge in [-0.05, 0) is 68.7 Å². The Hall–Kier alpha value is -3.78. The van der Waals surface area contributed by atoms with Gasteiger partial charge in [0.1, 0.15) is 0 Å². The highest BCUT2D eigenvalue weighted by Gasteiger charge is 2.53. The lowest BCUT2D eigenvalue weighted by molar-refractivity contribution is -0.262. The van der Waals surface area contributed by atoms with Crippen LogP contribution in [0.25, 0.3) is 10.9 Å². The number of fused-ring (bicyclic) bond motifs is 1. The van der Waals surface area contributed by atoms with E-state index in [1.165, 1.54) is 4.90 Å². The Labute approximate surface area is 290 Å². The number of ether oxygens (including phenoxy) is 1. The van der Waals surface area contributed by atoms with Crippen LogP contribution in [-0.4, -0.2) is 106 Å². The molecule has 2 aromatic carbocycles. The van der Waals surface area contributed by atoms with Gasteiger partial charge in [-0.25, -0.2) is 0 Å². The maximum atomic E-state index is 14.8. The summed E-state index contributed by atoms with van der Waals surface area (Å²) < 4.78 is 48.6. The first-order valence-corrected chi connectivity index (χ1v) is 17.5. The number of para-hydroxylation sites is 1. The third-order valence-electron chi connectivity index (χ3n) is 10.5. The molecular weight excluding hydrogens is 651 g/mol. The Balaban J connectivity index is 1.24. The van der Waals surface area contributed by atoms with Crippen LogP contribution in [0.5, 0.6) is 0 Å². The summed E-state index contributed by atoms with van der Waals surface area (Å²) >= 11 is 0. The molecule has 0 radical (unpaired) electrons. The molecule has 3 aliphatic rings. The topological polar surface area (TPSA) is 107 Å². The largest absolute Gasteiger partial charge is 0.481 e. The number of Topliss-reactive ketones (excluding diaryl/α,β-unsaturated/α-hetero) is 1. The zero-order valence-corrected chi connectivity index (χ0v) is 28.7. The van der Waals surface area contributed by atoms with E-state index in [9.17, 15) is 32.7 Å². The van der Waals surface area contributed by atoms with E-state index < -0.39 is 30.5 Å². The van der Waals surface area contributed by atoms with Gasteiger partial charge in [-0.2, -0.15) is 13.2 Å². The Kier molecular flexibility index (Phi) is 10.7. The number of aryl methyl sites for hydroxylation is 2. The lowest BCUT2D eigenvalue weighted by Crippen LogP contribution is -2.71. The van der Waals surface area contributed by atoms with Crippen LogP contribution in [0.3, 0.4) is 0 Å².